The third-order valence-corrected chi connectivity index (χ3v) is 8.00. The Morgan fingerprint density at radius 2 is 1.03 bits per heavy atom. The fourth-order valence-electron chi connectivity index (χ4n) is 6.77. The number of fused-ring (bicyclic) bond motifs is 3. The van der Waals surface area contributed by atoms with Crippen molar-refractivity contribution in [1.29, 1.82) is 0 Å². The molecule has 5 rings (SSSR count). The lowest BCUT2D eigenvalue weighted by Crippen LogP contribution is -2.56. The van der Waals surface area contributed by atoms with Crippen LogP contribution in [0.3, 0.4) is 0 Å². The Bertz CT molecular complexity index is 1330. The van der Waals surface area contributed by atoms with Crippen LogP contribution < -0.4 is 16.4 Å². The molecular formula is C33H35B. The minimum Gasteiger partial charge on any atom is -0.0663 e. The van der Waals surface area contributed by atoms with E-state index in [1.807, 2.05) is 0 Å². The van der Waals surface area contributed by atoms with E-state index in [4.69, 9.17) is 0 Å². The molecule has 0 heterocycles. The van der Waals surface area contributed by atoms with E-state index in [9.17, 15) is 0 Å². The second-order valence-electron chi connectivity index (χ2n) is 11.0. The van der Waals surface area contributed by atoms with Gasteiger partial charge in [-0.05, 0) is 63.8 Å². The summed E-state index contributed by atoms with van der Waals surface area (Å²) in [4.78, 5) is 0. The molecule has 0 amide bonds. The first-order valence-corrected chi connectivity index (χ1v) is 12.5. The molecule has 0 radical (unpaired) electrons. The maximum Gasteiger partial charge on any atom is 0.243 e. The fourth-order valence-corrected chi connectivity index (χ4v) is 6.77. The largest absolute Gasteiger partial charge is 0.243 e. The van der Waals surface area contributed by atoms with E-state index in [1.165, 1.54) is 72.0 Å². The summed E-state index contributed by atoms with van der Waals surface area (Å²) in [5.74, 6) is 0. The topological polar surface area (TPSA) is 0 Å². The first-order chi connectivity index (χ1) is 16.1. The van der Waals surface area contributed by atoms with Crippen molar-refractivity contribution in [2.24, 2.45) is 0 Å². The molecule has 0 bridgehead atoms. The molecule has 0 fully saturated rings. The first-order valence-electron chi connectivity index (χ1n) is 12.5. The highest BCUT2D eigenvalue weighted by Crippen LogP contribution is 2.47. The molecule has 0 N–H and O–H groups in total. The lowest BCUT2D eigenvalue weighted by atomic mass is 9.33. The second-order valence-corrected chi connectivity index (χ2v) is 11.0. The van der Waals surface area contributed by atoms with Crippen LogP contribution in [0, 0.1) is 41.5 Å². The smallest absolute Gasteiger partial charge is 0.0663 e. The van der Waals surface area contributed by atoms with Crippen molar-refractivity contribution in [3.8, 4) is 11.1 Å². The lowest BCUT2D eigenvalue weighted by molar-refractivity contribution is 0.660. The van der Waals surface area contributed by atoms with Gasteiger partial charge in [-0.25, -0.2) is 0 Å². The van der Waals surface area contributed by atoms with Crippen LogP contribution in [0.1, 0.15) is 58.4 Å². The molecule has 0 saturated carbocycles. The van der Waals surface area contributed by atoms with Crippen LogP contribution in [0.4, 0.5) is 0 Å². The normalized spacial score (nSPS) is 13.5. The average Bonchev–Trinajstić information content (AvgIpc) is 2.99. The van der Waals surface area contributed by atoms with Gasteiger partial charge in [0.15, 0.2) is 0 Å². The summed E-state index contributed by atoms with van der Waals surface area (Å²) in [5, 5.41) is 0. The van der Waals surface area contributed by atoms with E-state index < -0.39 is 0 Å². The second kappa shape index (κ2) is 8.02. The van der Waals surface area contributed by atoms with Crippen LogP contribution in [-0.4, -0.2) is 6.71 Å². The molecule has 4 aromatic carbocycles. The van der Waals surface area contributed by atoms with Gasteiger partial charge in [0.1, 0.15) is 0 Å². The van der Waals surface area contributed by atoms with Crippen molar-refractivity contribution in [3.63, 3.8) is 0 Å². The summed E-state index contributed by atoms with van der Waals surface area (Å²) in [6.07, 6.45) is 0. The van der Waals surface area contributed by atoms with E-state index in [0.717, 1.165) is 0 Å². The molecule has 0 unspecified atom stereocenters. The van der Waals surface area contributed by atoms with Crippen molar-refractivity contribution >= 4 is 23.1 Å². The molecule has 0 nitrogen and oxygen atoms in total. The van der Waals surface area contributed by atoms with Gasteiger partial charge in [0.25, 0.3) is 0 Å². The Morgan fingerprint density at radius 1 is 0.559 bits per heavy atom. The Balaban J connectivity index is 1.91. The summed E-state index contributed by atoms with van der Waals surface area (Å²) in [7, 11) is 0. The lowest BCUT2D eigenvalue weighted by Gasteiger charge is -2.27. The van der Waals surface area contributed by atoms with Gasteiger partial charge in [0, 0.05) is 5.41 Å². The molecule has 1 heteroatoms. The monoisotopic (exact) mass is 442 g/mol. The summed E-state index contributed by atoms with van der Waals surface area (Å²) in [6, 6.07) is 25.5. The molecule has 170 valence electrons. The molecule has 34 heavy (non-hydrogen) atoms. The van der Waals surface area contributed by atoms with Gasteiger partial charge in [0.05, 0.1) is 0 Å². The molecule has 4 aromatic rings. The summed E-state index contributed by atoms with van der Waals surface area (Å²) in [6.45, 7) is 18.5. The number of benzene rings is 4. The van der Waals surface area contributed by atoms with Gasteiger partial charge in [-0.15, -0.1) is 0 Å². The maximum absolute atomic E-state index is 2.39. The van der Waals surface area contributed by atoms with Crippen LogP contribution in [-0.2, 0) is 5.41 Å². The minimum atomic E-state index is 0.00121. The molecular weight excluding hydrogens is 407 g/mol. The first kappa shape index (κ1) is 22.7. The number of aryl methyl sites for hydroxylation is 6. The molecule has 0 spiro atoms. The van der Waals surface area contributed by atoms with Crippen molar-refractivity contribution in [1.82, 2.24) is 0 Å². The highest BCUT2D eigenvalue weighted by Gasteiger charge is 2.39. The van der Waals surface area contributed by atoms with Crippen molar-refractivity contribution in [2.45, 2.75) is 60.8 Å². The summed E-state index contributed by atoms with van der Waals surface area (Å²) in [5.41, 5.74) is 18.2. The molecule has 0 aliphatic heterocycles. The van der Waals surface area contributed by atoms with E-state index in [2.05, 4.69) is 122 Å². The maximum atomic E-state index is 2.39. The van der Waals surface area contributed by atoms with Crippen molar-refractivity contribution in [2.75, 3.05) is 0 Å². The molecule has 0 saturated heterocycles. The van der Waals surface area contributed by atoms with Gasteiger partial charge >= 0.3 is 0 Å². The predicted molar refractivity (Wildman–Crippen MR) is 150 cm³/mol. The highest BCUT2D eigenvalue weighted by atomic mass is 14.4. The zero-order valence-electron chi connectivity index (χ0n) is 21.9. The quantitative estimate of drug-likeness (QED) is 0.324. The van der Waals surface area contributed by atoms with E-state index >= 15 is 0 Å². The van der Waals surface area contributed by atoms with Gasteiger partial charge in [0.2, 0.25) is 6.71 Å². The predicted octanol–water partition coefficient (Wildman–Crippen LogP) is 6.36. The standard InChI is InChI=1S/C33H35B/c1-20-16-22(3)31(23(4)17-20)34(32-24(5)18-21(2)19-25(32)6)29-15-11-14-28-30(29)26-12-9-10-13-27(26)33(28,7)8/h9-19H,1-8H3. The minimum absolute atomic E-state index is 0.00121. The van der Waals surface area contributed by atoms with Gasteiger partial charge in [-0.3, -0.25) is 0 Å². The Hall–Kier alpha value is -3.06. The molecule has 1 aliphatic rings. The van der Waals surface area contributed by atoms with Crippen LogP contribution in [0.15, 0.2) is 66.7 Å². The Morgan fingerprint density at radius 3 is 1.56 bits per heavy atom. The average molecular weight is 442 g/mol. The van der Waals surface area contributed by atoms with E-state index in [-0.39, 0.29) is 12.1 Å². The molecule has 0 aromatic heterocycles. The number of hydrogen-bond donors (Lipinski definition) is 0. The third-order valence-electron chi connectivity index (χ3n) is 8.00. The molecule has 1 aliphatic carbocycles. The van der Waals surface area contributed by atoms with Crippen molar-refractivity contribution in [3.05, 3.63) is 111 Å². The highest BCUT2D eigenvalue weighted by molar-refractivity contribution is 6.97. The zero-order chi connectivity index (χ0) is 24.4. The number of hydrogen-bond acceptors (Lipinski definition) is 0. The third kappa shape index (κ3) is 3.37. The molecule has 0 atom stereocenters. The van der Waals surface area contributed by atoms with Gasteiger partial charge < -0.3 is 0 Å². The van der Waals surface area contributed by atoms with E-state index in [1.54, 1.807) is 0 Å². The van der Waals surface area contributed by atoms with E-state index in [0.29, 0.717) is 0 Å². The van der Waals surface area contributed by atoms with Gasteiger partial charge in [-0.1, -0.05) is 130 Å². The van der Waals surface area contributed by atoms with Crippen molar-refractivity contribution < 1.29 is 0 Å². The summed E-state index contributed by atoms with van der Waals surface area (Å²) >= 11 is 0. The summed E-state index contributed by atoms with van der Waals surface area (Å²) < 4.78 is 0. The van der Waals surface area contributed by atoms with Gasteiger partial charge in [-0.2, -0.15) is 0 Å². The number of rotatable bonds is 3. The van der Waals surface area contributed by atoms with Crippen LogP contribution in [0.5, 0.6) is 0 Å². The Kier molecular flexibility index (Phi) is 5.36. The Labute approximate surface area is 206 Å². The van der Waals surface area contributed by atoms with Crippen LogP contribution in [0.2, 0.25) is 0 Å². The zero-order valence-corrected chi connectivity index (χ0v) is 21.9. The van der Waals surface area contributed by atoms with Crippen LogP contribution >= 0.6 is 0 Å². The fraction of sp³-hybridized carbons (Fsp3) is 0.273. The van der Waals surface area contributed by atoms with Crippen LogP contribution in [0.25, 0.3) is 11.1 Å². The SMILES string of the molecule is Cc1cc(C)c(B(c2cccc3c2-c2ccccc2C3(C)C)c2c(C)cc(C)cc2C)c(C)c1.